The highest BCUT2D eigenvalue weighted by Crippen LogP contribution is 2.56. The van der Waals surface area contributed by atoms with Crippen molar-refractivity contribution in [1.29, 1.82) is 0 Å². The van der Waals surface area contributed by atoms with Gasteiger partial charge in [0.05, 0.1) is 18.6 Å². The lowest BCUT2D eigenvalue weighted by Crippen LogP contribution is -2.49. The highest BCUT2D eigenvalue weighted by molar-refractivity contribution is 6.31. The summed E-state index contributed by atoms with van der Waals surface area (Å²) in [4.78, 5) is 26.6. The lowest BCUT2D eigenvalue weighted by molar-refractivity contribution is -0.123. The van der Waals surface area contributed by atoms with E-state index in [-0.39, 0.29) is 23.3 Å². The van der Waals surface area contributed by atoms with Gasteiger partial charge >= 0.3 is 0 Å². The third kappa shape index (κ3) is 3.06. The van der Waals surface area contributed by atoms with E-state index in [1.54, 1.807) is 31.7 Å². The van der Waals surface area contributed by atoms with Crippen molar-refractivity contribution < 1.29 is 14.0 Å². The molecule has 1 fully saturated rings. The molecule has 1 aromatic heterocycles. The van der Waals surface area contributed by atoms with Crippen molar-refractivity contribution in [2.24, 2.45) is 5.41 Å². The maximum atomic E-state index is 13.7. The minimum atomic E-state index is -0.950. The Bertz CT molecular complexity index is 951. The largest absolute Gasteiger partial charge is 0.472 e. The molecule has 0 saturated carbocycles. The van der Waals surface area contributed by atoms with Crippen molar-refractivity contribution in [3.63, 3.8) is 0 Å². The Labute approximate surface area is 175 Å². The normalized spacial score (nSPS) is 28.4. The van der Waals surface area contributed by atoms with Crippen molar-refractivity contribution in [3.8, 4) is 0 Å². The lowest BCUT2D eigenvalue weighted by atomic mass is 9.63. The van der Waals surface area contributed by atoms with E-state index in [9.17, 15) is 9.59 Å². The second-order valence-corrected chi connectivity index (χ2v) is 9.56. The number of nitrogens with one attached hydrogen (secondary N) is 3. The molecule has 1 saturated heterocycles. The van der Waals surface area contributed by atoms with E-state index in [1.807, 2.05) is 12.1 Å². The summed E-state index contributed by atoms with van der Waals surface area (Å²) in [6.07, 6.45) is 3.92. The lowest BCUT2D eigenvalue weighted by Gasteiger charge is -2.37. The van der Waals surface area contributed by atoms with E-state index in [4.69, 9.17) is 16.0 Å². The molecule has 6 nitrogen and oxygen atoms in total. The van der Waals surface area contributed by atoms with E-state index in [1.165, 1.54) is 0 Å². The van der Waals surface area contributed by atoms with Crippen LogP contribution in [0.2, 0.25) is 5.02 Å². The summed E-state index contributed by atoms with van der Waals surface area (Å²) in [5, 5.41) is 9.85. The van der Waals surface area contributed by atoms with Gasteiger partial charge in [0, 0.05) is 29.7 Å². The first kappa shape index (κ1) is 20.0. The molecule has 0 bridgehead atoms. The molecule has 0 aliphatic carbocycles. The fourth-order valence-corrected chi connectivity index (χ4v) is 5.20. The van der Waals surface area contributed by atoms with Crippen molar-refractivity contribution >= 4 is 29.1 Å². The molecule has 2 amide bonds. The van der Waals surface area contributed by atoms with E-state index < -0.39 is 17.4 Å². The Morgan fingerprint density at radius 1 is 1.31 bits per heavy atom. The predicted octanol–water partition coefficient (Wildman–Crippen LogP) is 3.43. The first-order valence-electron chi connectivity index (χ1n) is 9.79. The second-order valence-electron chi connectivity index (χ2n) is 9.12. The van der Waals surface area contributed by atoms with Crippen molar-refractivity contribution in [1.82, 2.24) is 10.6 Å². The molecule has 1 spiro atoms. The van der Waals surface area contributed by atoms with Gasteiger partial charge in [-0.15, -0.1) is 0 Å². The highest BCUT2D eigenvalue weighted by Gasteiger charge is 2.65. The maximum Gasteiger partial charge on any atom is 0.237 e. The third-order valence-corrected chi connectivity index (χ3v) is 6.29. The first-order valence-corrected chi connectivity index (χ1v) is 10.2. The Hall–Kier alpha value is -2.31. The molecule has 3 N–H and O–H groups in total. The molecule has 29 heavy (non-hydrogen) atoms. The number of amides is 2. The number of fused-ring (bicyclic) bond motifs is 2. The van der Waals surface area contributed by atoms with Crippen LogP contribution in [0.15, 0.2) is 41.2 Å². The van der Waals surface area contributed by atoms with E-state index in [0.29, 0.717) is 17.1 Å². The zero-order valence-corrected chi connectivity index (χ0v) is 17.8. The summed E-state index contributed by atoms with van der Waals surface area (Å²) in [6, 6.07) is 6.51. The number of likely N-dealkylation sites (N-methyl/N-ethyl adjacent to an activating group) is 1. The Balaban J connectivity index is 1.97. The fraction of sp³-hybridized carbons (Fsp3) is 0.455. The summed E-state index contributed by atoms with van der Waals surface area (Å²) in [5.41, 5.74) is 1.38. The number of hydrogen-bond acceptors (Lipinski definition) is 4. The van der Waals surface area contributed by atoms with E-state index >= 15 is 0 Å². The van der Waals surface area contributed by atoms with Gasteiger partial charge in [0.25, 0.3) is 0 Å². The molecule has 1 unspecified atom stereocenters. The van der Waals surface area contributed by atoms with Crippen LogP contribution in [0.25, 0.3) is 0 Å². The van der Waals surface area contributed by atoms with Crippen molar-refractivity contribution in [2.45, 2.75) is 50.6 Å². The smallest absolute Gasteiger partial charge is 0.237 e. The van der Waals surface area contributed by atoms with Gasteiger partial charge in [-0.1, -0.05) is 38.4 Å². The highest BCUT2D eigenvalue weighted by atomic mass is 35.5. The number of halogens is 1. The fourth-order valence-electron chi connectivity index (χ4n) is 5.03. The topological polar surface area (TPSA) is 83.4 Å². The van der Waals surface area contributed by atoms with Gasteiger partial charge in [0.1, 0.15) is 5.41 Å². The van der Waals surface area contributed by atoms with Crippen molar-refractivity contribution in [3.05, 3.63) is 52.9 Å². The maximum absolute atomic E-state index is 13.7. The summed E-state index contributed by atoms with van der Waals surface area (Å²) < 4.78 is 5.36. The van der Waals surface area contributed by atoms with Gasteiger partial charge in [0.2, 0.25) is 11.8 Å². The SMILES string of the molecule is CNC(=O)[C@@H]1N[C@H](CC(C)(C)C)[C@]2(C(=O)Nc3cc(Cl)ccc32)C1c1ccoc1. The van der Waals surface area contributed by atoms with Crippen LogP contribution in [0.4, 0.5) is 5.69 Å². The van der Waals surface area contributed by atoms with Gasteiger partial charge in [0.15, 0.2) is 0 Å². The molecule has 2 aromatic rings. The third-order valence-electron chi connectivity index (χ3n) is 6.05. The van der Waals surface area contributed by atoms with Gasteiger partial charge in [-0.05, 0) is 41.2 Å². The van der Waals surface area contributed by atoms with E-state index in [0.717, 1.165) is 11.1 Å². The number of carbonyl (C=O) groups excluding carboxylic acids is 2. The molecule has 4 rings (SSSR count). The van der Waals surface area contributed by atoms with Crippen LogP contribution in [0.1, 0.15) is 44.2 Å². The van der Waals surface area contributed by atoms with Gasteiger partial charge < -0.3 is 20.4 Å². The average molecular weight is 416 g/mol. The van der Waals surface area contributed by atoms with Gasteiger partial charge in [-0.25, -0.2) is 0 Å². The van der Waals surface area contributed by atoms with Crippen LogP contribution < -0.4 is 16.0 Å². The first-order chi connectivity index (χ1) is 13.7. The van der Waals surface area contributed by atoms with Crippen LogP contribution in [-0.2, 0) is 15.0 Å². The van der Waals surface area contributed by atoms with Crippen LogP contribution in [0.3, 0.4) is 0 Å². The van der Waals surface area contributed by atoms with E-state index in [2.05, 4.69) is 36.7 Å². The van der Waals surface area contributed by atoms with Crippen LogP contribution in [0.5, 0.6) is 0 Å². The summed E-state index contributed by atoms with van der Waals surface area (Å²) >= 11 is 6.20. The van der Waals surface area contributed by atoms with Crippen LogP contribution >= 0.6 is 11.6 Å². The molecule has 2 aliphatic heterocycles. The molecule has 7 heteroatoms. The average Bonchev–Trinajstić information content (AvgIpc) is 3.32. The Morgan fingerprint density at radius 2 is 2.07 bits per heavy atom. The molecular weight excluding hydrogens is 390 g/mol. The zero-order valence-electron chi connectivity index (χ0n) is 17.0. The summed E-state index contributed by atoms with van der Waals surface area (Å²) in [6.45, 7) is 6.41. The summed E-state index contributed by atoms with van der Waals surface area (Å²) in [7, 11) is 1.61. The molecule has 2 aliphatic rings. The molecule has 3 heterocycles. The van der Waals surface area contributed by atoms with Crippen molar-refractivity contribution in [2.75, 3.05) is 12.4 Å². The molecule has 1 aromatic carbocycles. The number of benzene rings is 1. The van der Waals surface area contributed by atoms with Crippen LogP contribution in [-0.4, -0.2) is 30.9 Å². The number of rotatable bonds is 3. The minimum absolute atomic E-state index is 0.0569. The molecule has 4 atom stereocenters. The molecule has 0 radical (unpaired) electrons. The monoisotopic (exact) mass is 415 g/mol. The summed E-state index contributed by atoms with van der Waals surface area (Å²) in [5.74, 6) is -0.688. The standard InChI is InChI=1S/C22H26ClN3O3/c1-21(2,3)10-16-22(14-6-5-13(23)9-15(14)25-20(22)28)17(12-7-8-29-11-12)18(26-16)19(27)24-4/h5-9,11,16-18,26H,10H2,1-4H3,(H,24,27)(H,25,28)/t16-,17?,18-,22+/m1/s1. The number of furan rings is 1. The van der Waals surface area contributed by atoms with Gasteiger partial charge in [-0.3, -0.25) is 9.59 Å². The Morgan fingerprint density at radius 3 is 2.69 bits per heavy atom. The zero-order chi connectivity index (χ0) is 21.0. The predicted molar refractivity (Wildman–Crippen MR) is 112 cm³/mol. The van der Waals surface area contributed by atoms with Crippen LogP contribution in [0, 0.1) is 5.41 Å². The number of hydrogen-bond donors (Lipinski definition) is 3. The number of anilines is 1. The molecule has 154 valence electrons. The van der Waals surface area contributed by atoms with Gasteiger partial charge in [-0.2, -0.15) is 0 Å². The molecular formula is C22H26ClN3O3. The Kier molecular flexibility index (Phi) is 4.74. The quantitative estimate of drug-likeness (QED) is 0.717. The second kappa shape index (κ2) is 6.89. The number of carbonyl (C=O) groups is 2. The minimum Gasteiger partial charge on any atom is -0.472 e.